The Kier molecular flexibility index (Phi) is 6.20. The van der Waals surface area contributed by atoms with Gasteiger partial charge in [-0.15, -0.1) is 0 Å². The molecule has 2 rings (SSSR count). The highest BCUT2D eigenvalue weighted by molar-refractivity contribution is 7.98. The van der Waals surface area contributed by atoms with Gasteiger partial charge >= 0.3 is 0 Å². The van der Waals surface area contributed by atoms with Crippen LogP contribution in [0.25, 0.3) is 0 Å². The Labute approximate surface area is 139 Å². The van der Waals surface area contributed by atoms with Crippen molar-refractivity contribution < 1.29 is 9.59 Å². The number of aromatic amines is 1. The number of H-pyrrole nitrogens is 1. The Morgan fingerprint density at radius 3 is 3.00 bits per heavy atom. The van der Waals surface area contributed by atoms with Gasteiger partial charge in [0.25, 0.3) is 5.56 Å². The van der Waals surface area contributed by atoms with Crippen molar-refractivity contribution in [3.05, 3.63) is 27.7 Å². The second-order valence-corrected chi connectivity index (χ2v) is 6.67. The van der Waals surface area contributed by atoms with Gasteiger partial charge in [-0.2, -0.15) is 16.9 Å². The smallest absolute Gasteiger partial charge is 0.264 e. The minimum Gasteiger partial charge on any atom is -0.351 e. The molecule has 126 valence electrons. The lowest BCUT2D eigenvalue weighted by Gasteiger charge is -2.26. The summed E-state index contributed by atoms with van der Waals surface area (Å²) in [6.07, 6.45) is 4.63. The van der Waals surface area contributed by atoms with Gasteiger partial charge in [0.1, 0.15) is 6.04 Å². The minimum absolute atomic E-state index is 0.0378. The molecule has 1 aromatic rings. The van der Waals surface area contributed by atoms with Gasteiger partial charge in [0.05, 0.1) is 5.69 Å². The summed E-state index contributed by atoms with van der Waals surface area (Å²) in [7, 11) is 0. The van der Waals surface area contributed by atoms with Crippen molar-refractivity contribution in [3.63, 3.8) is 0 Å². The van der Waals surface area contributed by atoms with E-state index in [2.05, 4.69) is 20.8 Å². The highest BCUT2D eigenvalue weighted by Gasteiger charge is 2.25. The van der Waals surface area contributed by atoms with Crippen molar-refractivity contribution in [2.75, 3.05) is 12.0 Å². The fourth-order valence-electron chi connectivity index (χ4n) is 2.71. The van der Waals surface area contributed by atoms with Crippen molar-refractivity contribution in [1.29, 1.82) is 0 Å². The van der Waals surface area contributed by atoms with Crippen LogP contribution in [0.3, 0.4) is 0 Å². The van der Waals surface area contributed by atoms with E-state index in [1.807, 2.05) is 6.26 Å². The number of hydrogen-bond donors (Lipinski definition) is 3. The standard InChI is InChI=1S/C15H22N4O3S/c1-9(20)16-13(5-6-23-2)15(22)17-11-3-4-12-10(7-11)8-14(21)19-18-12/h8,11,13H,3-7H2,1-2H3,(H,16,20)(H,17,22)(H,19,21). The number of carbonyl (C=O) groups excluding carboxylic acids is 2. The van der Waals surface area contributed by atoms with E-state index in [0.717, 1.165) is 23.4 Å². The number of amides is 2. The number of hydrogen-bond acceptors (Lipinski definition) is 5. The van der Waals surface area contributed by atoms with Crippen LogP contribution >= 0.6 is 11.8 Å². The molecule has 1 aromatic heterocycles. The highest BCUT2D eigenvalue weighted by Crippen LogP contribution is 2.17. The maximum absolute atomic E-state index is 12.4. The van der Waals surface area contributed by atoms with Crippen LogP contribution in [0.4, 0.5) is 0 Å². The molecule has 3 N–H and O–H groups in total. The monoisotopic (exact) mass is 338 g/mol. The highest BCUT2D eigenvalue weighted by atomic mass is 32.2. The maximum atomic E-state index is 12.4. The maximum Gasteiger partial charge on any atom is 0.264 e. The number of aromatic nitrogens is 2. The minimum atomic E-state index is -0.515. The predicted molar refractivity (Wildman–Crippen MR) is 89.4 cm³/mol. The molecule has 2 atom stereocenters. The fourth-order valence-corrected chi connectivity index (χ4v) is 3.19. The van der Waals surface area contributed by atoms with Gasteiger partial charge in [0.15, 0.2) is 0 Å². The largest absolute Gasteiger partial charge is 0.351 e. The first kappa shape index (κ1) is 17.5. The van der Waals surface area contributed by atoms with Gasteiger partial charge < -0.3 is 10.6 Å². The van der Waals surface area contributed by atoms with E-state index < -0.39 is 6.04 Å². The van der Waals surface area contributed by atoms with Crippen molar-refractivity contribution in [2.45, 2.75) is 44.7 Å². The van der Waals surface area contributed by atoms with Gasteiger partial charge in [-0.1, -0.05) is 0 Å². The fraction of sp³-hybridized carbons (Fsp3) is 0.600. The molecule has 2 unspecified atom stereocenters. The molecule has 1 aliphatic carbocycles. The zero-order valence-electron chi connectivity index (χ0n) is 13.3. The first-order valence-electron chi connectivity index (χ1n) is 7.63. The summed E-state index contributed by atoms with van der Waals surface area (Å²) in [5, 5.41) is 12.2. The number of nitrogens with one attached hydrogen (secondary N) is 3. The predicted octanol–water partition coefficient (Wildman–Crippen LogP) is 0.00120. The third-order valence-corrected chi connectivity index (χ3v) is 4.47. The third-order valence-electron chi connectivity index (χ3n) is 3.82. The van der Waals surface area contributed by atoms with Crippen LogP contribution in [0.1, 0.15) is 31.0 Å². The topological polar surface area (TPSA) is 104 Å². The molecule has 23 heavy (non-hydrogen) atoms. The summed E-state index contributed by atoms with van der Waals surface area (Å²) in [4.78, 5) is 35.0. The van der Waals surface area contributed by atoms with Crippen molar-refractivity contribution in [1.82, 2.24) is 20.8 Å². The molecule has 1 aliphatic rings. The van der Waals surface area contributed by atoms with E-state index in [-0.39, 0.29) is 23.4 Å². The van der Waals surface area contributed by atoms with Crippen LogP contribution in [0, 0.1) is 0 Å². The summed E-state index contributed by atoms with van der Waals surface area (Å²) in [6, 6.07) is 0.988. The summed E-state index contributed by atoms with van der Waals surface area (Å²) < 4.78 is 0. The molecule has 0 saturated carbocycles. The Morgan fingerprint density at radius 1 is 1.52 bits per heavy atom. The zero-order chi connectivity index (χ0) is 16.8. The molecule has 0 saturated heterocycles. The van der Waals surface area contributed by atoms with E-state index >= 15 is 0 Å². The lowest BCUT2D eigenvalue weighted by molar-refractivity contribution is -0.128. The van der Waals surface area contributed by atoms with E-state index in [4.69, 9.17) is 0 Å². The van der Waals surface area contributed by atoms with Gasteiger partial charge in [-0.05, 0) is 43.3 Å². The Balaban J connectivity index is 1.98. The summed E-state index contributed by atoms with van der Waals surface area (Å²) in [6.45, 7) is 1.41. The third kappa shape index (κ3) is 5.09. The Bertz CT molecular complexity index is 631. The molecular weight excluding hydrogens is 316 g/mol. The number of fused-ring (bicyclic) bond motifs is 1. The number of thioether (sulfide) groups is 1. The molecule has 0 fully saturated rings. The van der Waals surface area contributed by atoms with Crippen LogP contribution < -0.4 is 16.2 Å². The molecule has 1 heterocycles. The van der Waals surface area contributed by atoms with Gasteiger partial charge in [-0.25, -0.2) is 5.10 Å². The van der Waals surface area contributed by atoms with Crippen LogP contribution in [0.2, 0.25) is 0 Å². The van der Waals surface area contributed by atoms with E-state index in [9.17, 15) is 14.4 Å². The van der Waals surface area contributed by atoms with E-state index in [1.54, 1.807) is 17.8 Å². The van der Waals surface area contributed by atoms with Gasteiger partial charge in [-0.3, -0.25) is 14.4 Å². The molecule has 2 amide bonds. The summed E-state index contributed by atoms with van der Waals surface area (Å²) in [5.74, 6) is 0.419. The zero-order valence-corrected chi connectivity index (χ0v) is 14.2. The first-order valence-corrected chi connectivity index (χ1v) is 9.03. The molecular formula is C15H22N4O3S. The number of nitrogens with zero attached hydrogens (tertiary/aromatic N) is 1. The van der Waals surface area contributed by atoms with Crippen LogP contribution in [-0.4, -0.2) is 46.1 Å². The number of rotatable bonds is 6. The van der Waals surface area contributed by atoms with Crippen LogP contribution in [-0.2, 0) is 22.4 Å². The lowest BCUT2D eigenvalue weighted by atomic mass is 9.92. The lowest BCUT2D eigenvalue weighted by Crippen LogP contribution is -2.50. The SMILES string of the molecule is CSCCC(NC(C)=O)C(=O)NC1CCc2n[nH]c(=O)cc2C1. The average molecular weight is 338 g/mol. The van der Waals surface area contributed by atoms with Gasteiger partial charge in [0.2, 0.25) is 11.8 Å². The molecule has 0 aliphatic heterocycles. The van der Waals surface area contributed by atoms with Gasteiger partial charge in [0, 0.05) is 19.0 Å². The second kappa shape index (κ2) is 8.14. The molecule has 7 nitrogen and oxygen atoms in total. The average Bonchev–Trinajstić information content (AvgIpc) is 2.50. The molecule has 0 bridgehead atoms. The summed E-state index contributed by atoms with van der Waals surface area (Å²) >= 11 is 1.64. The number of carbonyl (C=O) groups is 2. The molecule has 0 spiro atoms. The normalized spacial score (nSPS) is 17.9. The number of aryl methyl sites for hydroxylation is 1. The Morgan fingerprint density at radius 2 is 2.30 bits per heavy atom. The first-order chi connectivity index (χ1) is 11.0. The van der Waals surface area contributed by atoms with E-state index in [1.165, 1.54) is 6.92 Å². The van der Waals surface area contributed by atoms with Crippen molar-refractivity contribution in [3.8, 4) is 0 Å². The van der Waals surface area contributed by atoms with E-state index in [0.29, 0.717) is 19.3 Å². The molecule has 0 aromatic carbocycles. The van der Waals surface area contributed by atoms with Crippen molar-refractivity contribution >= 4 is 23.6 Å². The summed E-state index contributed by atoms with van der Waals surface area (Å²) in [5.41, 5.74) is 1.54. The quantitative estimate of drug-likeness (QED) is 0.677. The van der Waals surface area contributed by atoms with Crippen LogP contribution in [0.5, 0.6) is 0 Å². The second-order valence-electron chi connectivity index (χ2n) is 5.69. The van der Waals surface area contributed by atoms with Crippen LogP contribution in [0.15, 0.2) is 10.9 Å². The molecule has 0 radical (unpaired) electrons. The Hall–Kier alpha value is -1.83. The van der Waals surface area contributed by atoms with Crippen molar-refractivity contribution in [2.24, 2.45) is 0 Å². The molecule has 8 heteroatoms.